The summed E-state index contributed by atoms with van der Waals surface area (Å²) >= 11 is 1.52. The van der Waals surface area contributed by atoms with Gasteiger partial charge in [0.25, 0.3) is 5.91 Å². The summed E-state index contributed by atoms with van der Waals surface area (Å²) in [6.45, 7) is 6.44. The number of nitrogens with two attached hydrogens (primary N) is 1. The lowest BCUT2D eigenvalue weighted by Gasteiger charge is -2.08. The van der Waals surface area contributed by atoms with Crippen LogP contribution in [0.15, 0.2) is 30.6 Å². The molecule has 130 valence electrons. The maximum absolute atomic E-state index is 12.5. The summed E-state index contributed by atoms with van der Waals surface area (Å²) in [7, 11) is 0. The van der Waals surface area contributed by atoms with Crippen LogP contribution in [0.25, 0.3) is 5.69 Å². The van der Waals surface area contributed by atoms with Crippen LogP contribution in [0.2, 0.25) is 0 Å². The highest BCUT2D eigenvalue weighted by molar-refractivity contribution is 7.11. The minimum atomic E-state index is -0.195. The molecule has 0 unspecified atom stereocenters. The first-order valence-electron chi connectivity index (χ1n) is 8.08. The predicted molar refractivity (Wildman–Crippen MR) is 101 cm³/mol. The van der Waals surface area contributed by atoms with Gasteiger partial charge >= 0.3 is 0 Å². The Morgan fingerprint density at radius 2 is 1.96 bits per heavy atom. The van der Waals surface area contributed by atoms with Crippen LogP contribution in [0.4, 0.5) is 5.69 Å². The second kappa shape index (κ2) is 7.16. The minimum Gasteiger partial charge on any atom is -0.330 e. The number of carbonyl (C=O) groups is 1. The van der Waals surface area contributed by atoms with Crippen LogP contribution in [0.5, 0.6) is 0 Å². The zero-order chi connectivity index (χ0) is 18.0. The van der Waals surface area contributed by atoms with Crippen molar-refractivity contribution in [3.63, 3.8) is 0 Å². The van der Waals surface area contributed by atoms with Crippen LogP contribution >= 0.6 is 11.3 Å². The highest BCUT2D eigenvalue weighted by Crippen LogP contribution is 2.20. The van der Waals surface area contributed by atoms with Crippen molar-refractivity contribution in [2.24, 2.45) is 5.73 Å². The average molecular weight is 355 g/mol. The molecule has 0 saturated heterocycles. The van der Waals surface area contributed by atoms with Gasteiger partial charge in [-0.1, -0.05) is 0 Å². The summed E-state index contributed by atoms with van der Waals surface area (Å²) in [6, 6.07) is 7.67. The molecule has 0 radical (unpaired) electrons. The Labute approximate surface area is 150 Å². The molecule has 1 aromatic carbocycles. The quantitative estimate of drug-likeness (QED) is 0.737. The number of hydrogen-bond acceptors (Lipinski definition) is 5. The molecule has 3 rings (SSSR count). The summed E-state index contributed by atoms with van der Waals surface area (Å²) < 4.78 is 2.02. The molecule has 0 spiro atoms. The van der Waals surface area contributed by atoms with Crippen LogP contribution in [-0.2, 0) is 6.42 Å². The number of nitrogens with one attached hydrogen (secondary N) is 1. The van der Waals surface area contributed by atoms with E-state index in [0.717, 1.165) is 32.6 Å². The van der Waals surface area contributed by atoms with E-state index in [2.05, 4.69) is 15.3 Å². The van der Waals surface area contributed by atoms with Crippen molar-refractivity contribution in [3.8, 4) is 5.69 Å². The fourth-order valence-corrected chi connectivity index (χ4v) is 3.49. The molecule has 25 heavy (non-hydrogen) atoms. The van der Waals surface area contributed by atoms with E-state index in [1.807, 2.05) is 49.6 Å². The van der Waals surface area contributed by atoms with E-state index in [9.17, 15) is 4.79 Å². The topological polar surface area (TPSA) is 85.8 Å². The number of amides is 1. The number of aryl methyl sites for hydroxylation is 2. The maximum atomic E-state index is 12.5. The Balaban J connectivity index is 1.75. The van der Waals surface area contributed by atoms with E-state index in [-0.39, 0.29) is 5.91 Å². The lowest BCUT2D eigenvalue weighted by Crippen LogP contribution is -2.14. The first-order chi connectivity index (χ1) is 12.0. The molecule has 0 fully saturated rings. The van der Waals surface area contributed by atoms with E-state index >= 15 is 0 Å². The summed E-state index contributed by atoms with van der Waals surface area (Å²) in [4.78, 5) is 22.1. The van der Waals surface area contributed by atoms with Gasteiger partial charge in [0.2, 0.25) is 0 Å². The van der Waals surface area contributed by atoms with Gasteiger partial charge in [0, 0.05) is 28.4 Å². The lowest BCUT2D eigenvalue weighted by atomic mass is 10.2. The van der Waals surface area contributed by atoms with Crippen LogP contribution < -0.4 is 11.1 Å². The molecule has 0 aliphatic rings. The van der Waals surface area contributed by atoms with Gasteiger partial charge in [-0.3, -0.25) is 4.79 Å². The van der Waals surface area contributed by atoms with Crippen molar-refractivity contribution in [2.45, 2.75) is 27.2 Å². The Bertz CT molecular complexity index is 895. The number of nitrogens with zero attached hydrogens (tertiary/aromatic N) is 3. The molecular weight excluding hydrogens is 334 g/mol. The Kier molecular flexibility index (Phi) is 4.96. The van der Waals surface area contributed by atoms with Gasteiger partial charge in [0.05, 0.1) is 17.0 Å². The largest absolute Gasteiger partial charge is 0.330 e. The molecule has 0 aliphatic heterocycles. The van der Waals surface area contributed by atoms with E-state index < -0.39 is 0 Å². The number of anilines is 1. The first-order valence-corrected chi connectivity index (χ1v) is 8.90. The molecule has 0 saturated carbocycles. The average Bonchev–Trinajstić information content (AvgIpc) is 3.12. The highest BCUT2D eigenvalue weighted by atomic mass is 32.1. The number of hydrogen-bond donors (Lipinski definition) is 2. The molecule has 7 heteroatoms. The number of rotatable bonds is 5. The second-order valence-corrected chi connectivity index (χ2v) is 7.13. The number of imidazole rings is 1. The van der Waals surface area contributed by atoms with Crippen molar-refractivity contribution < 1.29 is 4.79 Å². The van der Waals surface area contributed by atoms with Crippen molar-refractivity contribution in [1.29, 1.82) is 0 Å². The van der Waals surface area contributed by atoms with Crippen LogP contribution in [0, 0.1) is 20.8 Å². The Hall–Kier alpha value is -2.51. The zero-order valence-corrected chi connectivity index (χ0v) is 15.4. The van der Waals surface area contributed by atoms with Crippen molar-refractivity contribution in [1.82, 2.24) is 14.5 Å². The summed E-state index contributed by atoms with van der Waals surface area (Å²) in [5.74, 6) is -0.195. The standard InChI is InChI=1S/C18H21N5OS/c1-11-12(2)23(10-20-11)15-6-4-14(5-7-15)21-18(24)17-13(3)25-16(22-17)8-9-19/h4-7,10H,8-9,19H2,1-3H3,(H,21,24). The molecule has 3 aromatic rings. The van der Waals surface area contributed by atoms with Gasteiger partial charge in [-0.05, 0) is 51.6 Å². The minimum absolute atomic E-state index is 0.195. The van der Waals surface area contributed by atoms with Gasteiger partial charge in [0.1, 0.15) is 5.69 Å². The Morgan fingerprint density at radius 1 is 1.24 bits per heavy atom. The molecule has 0 bridgehead atoms. The molecule has 6 nitrogen and oxygen atoms in total. The fraction of sp³-hybridized carbons (Fsp3) is 0.278. The van der Waals surface area contributed by atoms with Crippen molar-refractivity contribution in [3.05, 3.63) is 57.6 Å². The number of aromatic nitrogens is 3. The zero-order valence-electron chi connectivity index (χ0n) is 14.5. The second-order valence-electron chi connectivity index (χ2n) is 5.84. The SMILES string of the molecule is Cc1ncn(-c2ccc(NC(=O)c3nc(CCN)sc3C)cc2)c1C. The van der Waals surface area contributed by atoms with Crippen LogP contribution in [0.3, 0.4) is 0 Å². The lowest BCUT2D eigenvalue weighted by molar-refractivity contribution is 0.102. The van der Waals surface area contributed by atoms with Crippen LogP contribution in [0.1, 0.15) is 31.8 Å². The van der Waals surface area contributed by atoms with E-state index in [1.165, 1.54) is 11.3 Å². The molecule has 2 aromatic heterocycles. The smallest absolute Gasteiger partial charge is 0.275 e. The number of carbonyl (C=O) groups excluding carboxylic acids is 1. The fourth-order valence-electron chi connectivity index (χ4n) is 2.55. The molecule has 0 atom stereocenters. The normalized spacial score (nSPS) is 10.9. The monoisotopic (exact) mass is 355 g/mol. The molecule has 0 aliphatic carbocycles. The van der Waals surface area contributed by atoms with Crippen molar-refractivity contribution >= 4 is 22.9 Å². The highest BCUT2D eigenvalue weighted by Gasteiger charge is 2.15. The van der Waals surface area contributed by atoms with Gasteiger partial charge in [-0.25, -0.2) is 9.97 Å². The molecule has 2 heterocycles. The molecular formula is C18H21N5OS. The molecule has 1 amide bonds. The third kappa shape index (κ3) is 3.62. The third-order valence-electron chi connectivity index (χ3n) is 4.07. The first kappa shape index (κ1) is 17.3. The molecule has 3 N–H and O–H groups in total. The third-order valence-corrected chi connectivity index (χ3v) is 5.10. The van der Waals surface area contributed by atoms with Gasteiger partial charge < -0.3 is 15.6 Å². The number of thiazole rings is 1. The van der Waals surface area contributed by atoms with E-state index in [4.69, 9.17) is 5.73 Å². The summed E-state index contributed by atoms with van der Waals surface area (Å²) in [5.41, 5.74) is 9.87. The maximum Gasteiger partial charge on any atom is 0.275 e. The van der Waals surface area contributed by atoms with Gasteiger partial charge in [-0.2, -0.15) is 0 Å². The van der Waals surface area contributed by atoms with Crippen molar-refractivity contribution in [2.75, 3.05) is 11.9 Å². The van der Waals surface area contributed by atoms with E-state index in [1.54, 1.807) is 6.33 Å². The summed E-state index contributed by atoms with van der Waals surface area (Å²) in [5, 5.41) is 3.80. The summed E-state index contributed by atoms with van der Waals surface area (Å²) in [6.07, 6.45) is 2.49. The van der Waals surface area contributed by atoms with Gasteiger partial charge in [-0.15, -0.1) is 11.3 Å². The van der Waals surface area contributed by atoms with Gasteiger partial charge in [0.15, 0.2) is 0 Å². The van der Waals surface area contributed by atoms with E-state index in [0.29, 0.717) is 18.7 Å². The predicted octanol–water partition coefficient (Wildman–Crippen LogP) is 3.01. The van der Waals surface area contributed by atoms with Crippen LogP contribution in [-0.4, -0.2) is 27.0 Å². The Morgan fingerprint density at radius 3 is 2.56 bits per heavy atom. The number of benzene rings is 1.